The molecular formula is C26H26ClN5O4S. The largest absolute Gasteiger partial charge is 0.366 e. The molecule has 192 valence electrons. The van der Waals surface area contributed by atoms with Gasteiger partial charge in [-0.1, -0.05) is 48.4 Å². The van der Waals surface area contributed by atoms with Crippen LogP contribution in [0.3, 0.4) is 0 Å². The van der Waals surface area contributed by atoms with E-state index in [9.17, 15) is 18.0 Å². The Morgan fingerprint density at radius 2 is 1.73 bits per heavy atom. The van der Waals surface area contributed by atoms with Crippen molar-refractivity contribution in [3.63, 3.8) is 0 Å². The molecule has 4 aromatic rings. The summed E-state index contributed by atoms with van der Waals surface area (Å²) in [5, 5.41) is 2.96. The van der Waals surface area contributed by atoms with Crippen LogP contribution < -0.4 is 15.8 Å². The second-order valence-corrected chi connectivity index (χ2v) is 10.6. The Labute approximate surface area is 219 Å². The number of aryl methyl sites for hydroxylation is 2. The van der Waals surface area contributed by atoms with E-state index < -0.39 is 22.0 Å². The number of sulfonamides is 1. The van der Waals surface area contributed by atoms with E-state index >= 15 is 0 Å². The van der Waals surface area contributed by atoms with E-state index in [1.807, 2.05) is 47.4 Å². The molecule has 0 aliphatic carbocycles. The number of hydrogen-bond donors (Lipinski definition) is 3. The Kier molecular flexibility index (Phi) is 7.51. The molecule has 4 rings (SSSR count). The highest BCUT2D eigenvalue weighted by Gasteiger charge is 2.19. The average molecular weight is 540 g/mol. The fraction of sp³-hybridized carbons (Fsp3) is 0.192. The summed E-state index contributed by atoms with van der Waals surface area (Å²) >= 11 is 6.24. The summed E-state index contributed by atoms with van der Waals surface area (Å²) in [5.74, 6) is 0.152. The third-order valence-corrected chi connectivity index (χ3v) is 7.39. The van der Waals surface area contributed by atoms with Crippen molar-refractivity contribution in [1.29, 1.82) is 0 Å². The molecule has 0 unspecified atom stereocenters. The van der Waals surface area contributed by atoms with Crippen LogP contribution in [0.2, 0.25) is 5.02 Å². The number of nitrogens with zero attached hydrogens (tertiary/aromatic N) is 2. The van der Waals surface area contributed by atoms with Gasteiger partial charge in [0.25, 0.3) is 15.9 Å². The first-order chi connectivity index (χ1) is 17.6. The predicted molar refractivity (Wildman–Crippen MR) is 143 cm³/mol. The van der Waals surface area contributed by atoms with Crippen LogP contribution in [0, 0.1) is 6.92 Å². The molecule has 0 bridgehead atoms. The minimum atomic E-state index is -3.95. The zero-order valence-electron chi connectivity index (χ0n) is 20.3. The molecule has 37 heavy (non-hydrogen) atoms. The van der Waals surface area contributed by atoms with Crippen molar-refractivity contribution in [2.24, 2.45) is 5.73 Å². The number of benzene rings is 3. The van der Waals surface area contributed by atoms with Crippen LogP contribution in [0.15, 0.2) is 65.6 Å². The van der Waals surface area contributed by atoms with Crippen LogP contribution in [-0.2, 0) is 22.9 Å². The van der Waals surface area contributed by atoms with E-state index in [1.54, 1.807) is 18.2 Å². The van der Waals surface area contributed by atoms with E-state index in [0.717, 1.165) is 22.6 Å². The molecule has 11 heteroatoms. The zero-order chi connectivity index (χ0) is 26.7. The monoisotopic (exact) mass is 539 g/mol. The summed E-state index contributed by atoms with van der Waals surface area (Å²) in [5.41, 5.74) is 9.65. The van der Waals surface area contributed by atoms with Crippen molar-refractivity contribution in [2.75, 3.05) is 6.54 Å². The van der Waals surface area contributed by atoms with Crippen molar-refractivity contribution < 1.29 is 18.0 Å². The van der Waals surface area contributed by atoms with Gasteiger partial charge in [-0.2, -0.15) is 0 Å². The van der Waals surface area contributed by atoms with E-state index in [4.69, 9.17) is 17.3 Å². The number of nitrogens with one attached hydrogen (secondary N) is 2. The van der Waals surface area contributed by atoms with Crippen LogP contribution in [0.1, 0.15) is 34.2 Å². The number of primary amides is 1. The summed E-state index contributed by atoms with van der Waals surface area (Å²) in [6, 6.07) is 16.3. The number of halogens is 1. The van der Waals surface area contributed by atoms with E-state index in [2.05, 4.69) is 10.3 Å². The molecule has 0 aliphatic heterocycles. The van der Waals surface area contributed by atoms with Gasteiger partial charge in [0.05, 0.1) is 16.0 Å². The van der Waals surface area contributed by atoms with Crippen LogP contribution in [0.5, 0.6) is 0 Å². The van der Waals surface area contributed by atoms with E-state index in [0.29, 0.717) is 28.9 Å². The van der Waals surface area contributed by atoms with Gasteiger partial charge >= 0.3 is 6.03 Å². The number of carbonyl (C=O) groups excluding carboxylic acids is 2. The van der Waals surface area contributed by atoms with E-state index in [-0.39, 0.29) is 17.0 Å². The maximum Gasteiger partial charge on any atom is 0.328 e. The molecule has 0 aliphatic rings. The molecule has 0 radical (unpaired) electrons. The third kappa shape index (κ3) is 5.76. The standard InChI is InChI=1S/C26H26ClN5O4S/c1-3-23-30-24-21(25(28)33)14-18(27)15-22(24)32(23)19-8-6-17(7-9-19)12-13-29-26(34)31-37(35,36)20-10-4-16(2)5-11-20/h4-11,14-15H,3,12-13H2,1-2H3,(H2,28,33)(H2,29,31,34). The highest BCUT2D eigenvalue weighted by Crippen LogP contribution is 2.28. The molecule has 0 saturated carbocycles. The third-order valence-electron chi connectivity index (χ3n) is 5.83. The number of carbonyl (C=O) groups is 2. The Morgan fingerprint density at radius 3 is 2.35 bits per heavy atom. The second-order valence-electron chi connectivity index (χ2n) is 8.49. The maximum absolute atomic E-state index is 12.3. The molecule has 0 atom stereocenters. The lowest BCUT2D eigenvalue weighted by molar-refractivity contribution is 0.100. The van der Waals surface area contributed by atoms with Crippen molar-refractivity contribution in [3.8, 4) is 5.69 Å². The van der Waals surface area contributed by atoms with Crippen LogP contribution >= 0.6 is 11.6 Å². The van der Waals surface area contributed by atoms with Gasteiger partial charge in [-0.05, 0) is 55.3 Å². The van der Waals surface area contributed by atoms with Gasteiger partial charge in [0.2, 0.25) is 0 Å². The molecule has 1 heterocycles. The smallest absolute Gasteiger partial charge is 0.328 e. The number of amides is 3. The summed E-state index contributed by atoms with van der Waals surface area (Å²) in [7, 11) is -3.95. The summed E-state index contributed by atoms with van der Waals surface area (Å²) in [4.78, 5) is 28.7. The van der Waals surface area contributed by atoms with Gasteiger partial charge < -0.3 is 11.1 Å². The lowest BCUT2D eigenvalue weighted by Crippen LogP contribution is -2.40. The molecular weight excluding hydrogens is 514 g/mol. The molecule has 3 amide bonds. The first-order valence-corrected chi connectivity index (χ1v) is 13.4. The Bertz CT molecular complexity index is 1580. The zero-order valence-corrected chi connectivity index (χ0v) is 21.9. The van der Waals surface area contributed by atoms with Gasteiger partial charge in [-0.25, -0.2) is 22.9 Å². The number of fused-ring (bicyclic) bond motifs is 1. The number of hydrogen-bond acceptors (Lipinski definition) is 5. The van der Waals surface area contributed by atoms with E-state index in [1.165, 1.54) is 18.2 Å². The highest BCUT2D eigenvalue weighted by atomic mass is 35.5. The lowest BCUT2D eigenvalue weighted by Gasteiger charge is -2.11. The van der Waals surface area contributed by atoms with Crippen molar-refractivity contribution >= 4 is 44.6 Å². The van der Waals surface area contributed by atoms with Gasteiger partial charge in [0, 0.05) is 23.7 Å². The summed E-state index contributed by atoms with van der Waals surface area (Å²) < 4.78 is 28.6. The van der Waals surface area contributed by atoms with Gasteiger partial charge in [0.15, 0.2) is 0 Å². The highest BCUT2D eigenvalue weighted by molar-refractivity contribution is 7.90. The second kappa shape index (κ2) is 10.6. The number of imidazole rings is 1. The van der Waals surface area contributed by atoms with Gasteiger partial charge in [-0.3, -0.25) is 9.36 Å². The fourth-order valence-corrected chi connectivity index (χ4v) is 5.11. The average Bonchev–Trinajstić information content (AvgIpc) is 3.22. The topological polar surface area (TPSA) is 136 Å². The molecule has 9 nitrogen and oxygen atoms in total. The minimum absolute atomic E-state index is 0.0200. The van der Waals surface area contributed by atoms with Crippen molar-refractivity contribution in [2.45, 2.75) is 31.6 Å². The van der Waals surface area contributed by atoms with Crippen LogP contribution in [0.25, 0.3) is 16.7 Å². The number of aromatic nitrogens is 2. The SMILES string of the molecule is CCc1nc2c(C(N)=O)cc(Cl)cc2n1-c1ccc(CCNC(=O)NS(=O)(=O)c2ccc(C)cc2)cc1. The molecule has 0 fully saturated rings. The first-order valence-electron chi connectivity index (χ1n) is 11.6. The van der Waals surface area contributed by atoms with Gasteiger partial charge in [-0.15, -0.1) is 0 Å². The Hall–Kier alpha value is -3.89. The molecule has 1 aromatic heterocycles. The fourth-order valence-electron chi connectivity index (χ4n) is 3.97. The molecule has 0 saturated heterocycles. The maximum atomic E-state index is 12.3. The van der Waals surface area contributed by atoms with Gasteiger partial charge in [0.1, 0.15) is 11.3 Å². The quantitative estimate of drug-likeness (QED) is 0.312. The summed E-state index contributed by atoms with van der Waals surface area (Å²) in [6.45, 7) is 4.05. The normalized spacial score (nSPS) is 11.4. The van der Waals surface area contributed by atoms with Crippen molar-refractivity contribution in [1.82, 2.24) is 19.6 Å². The number of nitrogens with two attached hydrogens (primary N) is 1. The number of urea groups is 1. The Balaban J connectivity index is 1.44. The minimum Gasteiger partial charge on any atom is -0.366 e. The van der Waals surface area contributed by atoms with Crippen molar-refractivity contribution in [3.05, 3.63) is 88.2 Å². The molecule has 4 N–H and O–H groups in total. The molecule has 0 spiro atoms. The molecule has 3 aromatic carbocycles. The number of rotatable bonds is 8. The first kappa shape index (κ1) is 26.2. The summed E-state index contributed by atoms with van der Waals surface area (Å²) in [6.07, 6.45) is 1.11. The van der Waals surface area contributed by atoms with Crippen LogP contribution in [-0.4, -0.2) is 36.5 Å². The van der Waals surface area contributed by atoms with Crippen LogP contribution in [0.4, 0.5) is 4.79 Å². The Morgan fingerprint density at radius 1 is 1.05 bits per heavy atom. The lowest BCUT2D eigenvalue weighted by atomic mass is 10.1. The predicted octanol–water partition coefficient (Wildman–Crippen LogP) is 3.88.